The number of amides is 2. The highest BCUT2D eigenvalue weighted by molar-refractivity contribution is 9.10. The summed E-state index contributed by atoms with van der Waals surface area (Å²) >= 11 is 3.45. The first-order valence-electron chi connectivity index (χ1n) is 7.71. The third kappa shape index (κ3) is 3.36. The second-order valence-corrected chi connectivity index (χ2v) is 6.68. The summed E-state index contributed by atoms with van der Waals surface area (Å²) in [6, 6.07) is 7.50. The summed E-state index contributed by atoms with van der Waals surface area (Å²) in [6.07, 6.45) is 0.205. The van der Waals surface area contributed by atoms with Gasteiger partial charge in [0.15, 0.2) is 0 Å². The average molecular weight is 392 g/mol. The predicted octanol–water partition coefficient (Wildman–Crippen LogP) is 2.72. The van der Waals surface area contributed by atoms with Crippen LogP contribution in [0.1, 0.15) is 23.8 Å². The molecule has 2 amide bonds. The second-order valence-electron chi connectivity index (χ2n) is 5.82. The summed E-state index contributed by atoms with van der Waals surface area (Å²) in [6.45, 7) is 4.29. The number of rotatable bonds is 4. The maximum Gasteiger partial charge on any atom is 0.227 e. The highest BCUT2D eigenvalue weighted by Gasteiger charge is 2.35. The quantitative estimate of drug-likeness (QED) is 0.868. The number of hydrogen-bond acceptors (Lipinski definition) is 4. The van der Waals surface area contributed by atoms with E-state index in [1.54, 1.807) is 4.90 Å². The molecule has 1 atom stereocenters. The van der Waals surface area contributed by atoms with Gasteiger partial charge in [0.25, 0.3) is 0 Å². The van der Waals surface area contributed by atoms with Gasteiger partial charge >= 0.3 is 0 Å². The van der Waals surface area contributed by atoms with E-state index in [0.717, 1.165) is 21.6 Å². The minimum absolute atomic E-state index is 0.0511. The number of carbonyl (C=O) groups is 2. The zero-order chi connectivity index (χ0) is 17.3. The summed E-state index contributed by atoms with van der Waals surface area (Å²) in [4.78, 5) is 30.5. The van der Waals surface area contributed by atoms with Crippen molar-refractivity contribution in [1.29, 1.82) is 0 Å². The van der Waals surface area contributed by atoms with Crippen molar-refractivity contribution in [2.45, 2.75) is 26.8 Å². The number of nitrogens with one attached hydrogen (secondary N) is 1. The number of nitrogens with zero attached hydrogens (tertiary/aromatic N) is 2. The van der Waals surface area contributed by atoms with Crippen LogP contribution in [-0.2, 0) is 16.1 Å². The molecule has 1 aliphatic heterocycles. The number of halogens is 1. The lowest BCUT2D eigenvalue weighted by atomic mass is 10.1. The molecule has 1 N–H and O–H groups in total. The molecule has 2 aromatic rings. The summed E-state index contributed by atoms with van der Waals surface area (Å²) in [5.74, 6) is 0.638. The minimum Gasteiger partial charge on any atom is -0.444 e. The van der Waals surface area contributed by atoms with E-state index in [0.29, 0.717) is 12.4 Å². The molecule has 1 saturated heterocycles. The Kier molecular flexibility index (Phi) is 4.71. The molecular weight excluding hydrogens is 374 g/mol. The summed E-state index contributed by atoms with van der Waals surface area (Å²) in [7, 11) is 0. The van der Waals surface area contributed by atoms with Gasteiger partial charge in [-0.3, -0.25) is 9.59 Å². The van der Waals surface area contributed by atoms with Gasteiger partial charge in [-0.1, -0.05) is 12.1 Å². The molecule has 24 heavy (non-hydrogen) atoms. The fraction of sp³-hybridized carbons (Fsp3) is 0.353. The van der Waals surface area contributed by atoms with Crippen molar-refractivity contribution in [3.63, 3.8) is 0 Å². The molecule has 1 aromatic heterocycles. The molecule has 126 valence electrons. The third-order valence-corrected chi connectivity index (χ3v) is 4.80. The Morgan fingerprint density at radius 1 is 1.42 bits per heavy atom. The Balaban J connectivity index is 1.63. The van der Waals surface area contributed by atoms with Crippen LogP contribution in [0.15, 0.2) is 33.2 Å². The van der Waals surface area contributed by atoms with Crippen LogP contribution in [0.3, 0.4) is 0 Å². The Labute approximate surface area is 148 Å². The topological polar surface area (TPSA) is 75.4 Å². The Bertz CT molecular complexity index is 768. The summed E-state index contributed by atoms with van der Waals surface area (Å²) in [5.41, 5.74) is 1.60. The van der Waals surface area contributed by atoms with E-state index in [1.165, 1.54) is 0 Å². The van der Waals surface area contributed by atoms with Crippen molar-refractivity contribution in [2.24, 2.45) is 5.92 Å². The van der Waals surface area contributed by atoms with E-state index in [4.69, 9.17) is 4.42 Å². The van der Waals surface area contributed by atoms with E-state index in [1.807, 2.05) is 38.1 Å². The van der Waals surface area contributed by atoms with Crippen molar-refractivity contribution >= 4 is 33.4 Å². The lowest BCUT2D eigenvalue weighted by molar-refractivity contribution is -0.126. The van der Waals surface area contributed by atoms with Gasteiger partial charge in [-0.2, -0.15) is 0 Å². The predicted molar refractivity (Wildman–Crippen MR) is 92.4 cm³/mol. The molecule has 2 heterocycles. The first kappa shape index (κ1) is 16.7. The largest absolute Gasteiger partial charge is 0.444 e. The number of benzene rings is 1. The van der Waals surface area contributed by atoms with Gasteiger partial charge in [0.1, 0.15) is 5.76 Å². The van der Waals surface area contributed by atoms with Gasteiger partial charge in [-0.25, -0.2) is 4.98 Å². The Hall–Kier alpha value is -2.15. The van der Waals surface area contributed by atoms with Crippen LogP contribution in [0.2, 0.25) is 0 Å². The zero-order valence-electron chi connectivity index (χ0n) is 13.5. The van der Waals surface area contributed by atoms with Crippen molar-refractivity contribution in [3.05, 3.63) is 46.1 Å². The molecule has 7 heteroatoms. The van der Waals surface area contributed by atoms with E-state index in [9.17, 15) is 9.59 Å². The fourth-order valence-corrected chi connectivity index (χ4v) is 3.21. The van der Waals surface area contributed by atoms with Crippen molar-refractivity contribution in [3.8, 4) is 0 Å². The molecule has 6 nitrogen and oxygen atoms in total. The number of hydrogen-bond donors (Lipinski definition) is 1. The normalized spacial score (nSPS) is 17.4. The molecule has 1 unspecified atom stereocenters. The molecule has 0 radical (unpaired) electrons. The summed E-state index contributed by atoms with van der Waals surface area (Å²) in [5, 5.41) is 2.80. The fourth-order valence-electron chi connectivity index (χ4n) is 2.71. The van der Waals surface area contributed by atoms with Crippen LogP contribution in [-0.4, -0.2) is 23.3 Å². The summed E-state index contributed by atoms with van der Waals surface area (Å²) < 4.78 is 6.28. The first-order valence-corrected chi connectivity index (χ1v) is 8.50. The van der Waals surface area contributed by atoms with Crippen molar-refractivity contribution in [2.75, 3.05) is 11.4 Å². The number of aromatic nitrogens is 1. The molecule has 1 fully saturated rings. The SMILES string of the molecule is Cc1nc(CNC(=O)C2CC(=O)N(c3ccccc3Br)C2)oc1C. The van der Waals surface area contributed by atoms with Crippen LogP contribution >= 0.6 is 15.9 Å². The van der Waals surface area contributed by atoms with Gasteiger partial charge in [0, 0.05) is 17.4 Å². The average Bonchev–Trinajstić information content (AvgIpc) is 3.08. The van der Waals surface area contributed by atoms with Gasteiger partial charge < -0.3 is 14.6 Å². The maximum absolute atomic E-state index is 12.3. The third-order valence-electron chi connectivity index (χ3n) is 4.13. The molecule has 1 aromatic carbocycles. The molecule has 3 rings (SSSR count). The number of anilines is 1. The number of oxazole rings is 1. The van der Waals surface area contributed by atoms with E-state index >= 15 is 0 Å². The van der Waals surface area contributed by atoms with E-state index < -0.39 is 0 Å². The smallest absolute Gasteiger partial charge is 0.227 e. The van der Waals surface area contributed by atoms with Gasteiger partial charge in [0.2, 0.25) is 17.7 Å². The monoisotopic (exact) mass is 391 g/mol. The maximum atomic E-state index is 12.3. The van der Waals surface area contributed by atoms with Crippen LogP contribution < -0.4 is 10.2 Å². The number of para-hydroxylation sites is 1. The van der Waals surface area contributed by atoms with Crippen LogP contribution in [0, 0.1) is 19.8 Å². The molecule has 0 spiro atoms. The molecule has 0 bridgehead atoms. The number of aryl methyl sites for hydroxylation is 2. The van der Waals surface area contributed by atoms with Gasteiger partial charge in [-0.05, 0) is 41.9 Å². The van der Waals surface area contributed by atoms with E-state index in [-0.39, 0.29) is 30.7 Å². The number of carbonyl (C=O) groups excluding carboxylic acids is 2. The second kappa shape index (κ2) is 6.76. The first-order chi connectivity index (χ1) is 11.5. The zero-order valence-corrected chi connectivity index (χ0v) is 15.1. The van der Waals surface area contributed by atoms with Gasteiger partial charge in [-0.15, -0.1) is 0 Å². The van der Waals surface area contributed by atoms with Crippen molar-refractivity contribution < 1.29 is 14.0 Å². The lowest BCUT2D eigenvalue weighted by Gasteiger charge is -2.18. The highest BCUT2D eigenvalue weighted by atomic mass is 79.9. The highest BCUT2D eigenvalue weighted by Crippen LogP contribution is 2.31. The van der Waals surface area contributed by atoms with Crippen LogP contribution in [0.5, 0.6) is 0 Å². The molecular formula is C17H18BrN3O3. The Morgan fingerprint density at radius 3 is 2.83 bits per heavy atom. The molecule has 1 aliphatic rings. The van der Waals surface area contributed by atoms with E-state index in [2.05, 4.69) is 26.2 Å². The molecule has 0 saturated carbocycles. The minimum atomic E-state index is -0.373. The van der Waals surface area contributed by atoms with Crippen LogP contribution in [0.25, 0.3) is 0 Å². The standard InChI is InChI=1S/C17H18BrN3O3/c1-10-11(2)24-15(20-10)8-19-17(23)12-7-16(22)21(9-12)14-6-4-3-5-13(14)18/h3-6,12H,7-9H2,1-2H3,(H,19,23). The van der Waals surface area contributed by atoms with Crippen LogP contribution in [0.4, 0.5) is 5.69 Å². The lowest BCUT2D eigenvalue weighted by Crippen LogP contribution is -2.32. The van der Waals surface area contributed by atoms with Crippen molar-refractivity contribution in [1.82, 2.24) is 10.3 Å². The Morgan fingerprint density at radius 2 is 2.17 bits per heavy atom. The molecule has 0 aliphatic carbocycles. The van der Waals surface area contributed by atoms with Gasteiger partial charge in [0.05, 0.1) is 23.8 Å².